The first-order chi connectivity index (χ1) is 11.0. The maximum absolute atomic E-state index is 11.8. The van der Waals surface area contributed by atoms with Gasteiger partial charge in [0, 0.05) is 0 Å². The van der Waals surface area contributed by atoms with E-state index < -0.39 is 18.5 Å². The number of carbonyl (C=O) groups excluding carboxylic acids is 2. The molecule has 0 fully saturated rings. The Balaban J connectivity index is 1.92. The molecular weight excluding hydrogens is 339 g/mol. The summed E-state index contributed by atoms with van der Waals surface area (Å²) in [7, 11) is 0. The van der Waals surface area contributed by atoms with Crippen molar-refractivity contribution >= 4 is 40.8 Å². The molecule has 0 aliphatic rings. The molecule has 0 radical (unpaired) electrons. The van der Waals surface area contributed by atoms with E-state index in [1.165, 1.54) is 24.3 Å². The van der Waals surface area contributed by atoms with Crippen LogP contribution in [-0.2, 0) is 9.53 Å². The van der Waals surface area contributed by atoms with Gasteiger partial charge >= 0.3 is 5.97 Å². The highest BCUT2D eigenvalue weighted by Crippen LogP contribution is 2.29. The predicted octanol–water partition coefficient (Wildman–Crippen LogP) is 3.66. The van der Waals surface area contributed by atoms with Crippen LogP contribution in [0.15, 0.2) is 42.5 Å². The number of amides is 1. The minimum Gasteiger partial charge on any atom is -0.452 e. The van der Waals surface area contributed by atoms with Crippen LogP contribution in [0.4, 0.5) is 5.69 Å². The van der Waals surface area contributed by atoms with Gasteiger partial charge in [-0.1, -0.05) is 29.3 Å². The number of rotatable bonds is 4. The van der Waals surface area contributed by atoms with E-state index in [1.807, 2.05) is 6.07 Å². The molecule has 2 aromatic rings. The van der Waals surface area contributed by atoms with Crippen molar-refractivity contribution in [2.75, 3.05) is 11.9 Å². The fraction of sp³-hybridized carbons (Fsp3) is 0.0625. The number of nitrogens with zero attached hydrogens (tertiary/aromatic N) is 1. The zero-order valence-electron chi connectivity index (χ0n) is 11.7. The molecule has 0 aromatic heterocycles. The van der Waals surface area contributed by atoms with Crippen LogP contribution in [0.2, 0.25) is 10.0 Å². The molecule has 0 atom stereocenters. The number of halogens is 2. The monoisotopic (exact) mass is 348 g/mol. The van der Waals surface area contributed by atoms with E-state index in [2.05, 4.69) is 5.32 Å². The van der Waals surface area contributed by atoms with Crippen LogP contribution in [0, 0.1) is 11.3 Å². The molecule has 23 heavy (non-hydrogen) atoms. The highest BCUT2D eigenvalue weighted by molar-refractivity contribution is 6.44. The SMILES string of the molecule is N#Cc1ccc(C(=O)OCC(=O)Nc2cccc(Cl)c2Cl)cc1. The summed E-state index contributed by atoms with van der Waals surface area (Å²) in [5.74, 6) is -1.21. The van der Waals surface area contributed by atoms with E-state index in [-0.39, 0.29) is 10.6 Å². The Morgan fingerprint density at radius 3 is 2.48 bits per heavy atom. The molecule has 0 aliphatic carbocycles. The number of carbonyl (C=O) groups is 2. The van der Waals surface area contributed by atoms with E-state index in [0.717, 1.165) is 0 Å². The second-order valence-electron chi connectivity index (χ2n) is 4.41. The highest BCUT2D eigenvalue weighted by Gasteiger charge is 2.12. The summed E-state index contributed by atoms with van der Waals surface area (Å²) >= 11 is 11.8. The van der Waals surface area contributed by atoms with Crippen LogP contribution in [0.1, 0.15) is 15.9 Å². The number of benzene rings is 2. The van der Waals surface area contributed by atoms with Gasteiger partial charge in [0.15, 0.2) is 6.61 Å². The Bertz CT molecular complexity index is 783. The average Bonchev–Trinajstić information content (AvgIpc) is 2.57. The van der Waals surface area contributed by atoms with Gasteiger partial charge in [-0.3, -0.25) is 4.79 Å². The molecule has 0 spiro atoms. The summed E-state index contributed by atoms with van der Waals surface area (Å²) in [5, 5.41) is 11.7. The van der Waals surface area contributed by atoms with E-state index in [1.54, 1.807) is 18.2 Å². The first kappa shape index (κ1) is 16.8. The van der Waals surface area contributed by atoms with E-state index >= 15 is 0 Å². The molecule has 5 nitrogen and oxygen atoms in total. The second kappa shape index (κ2) is 7.63. The first-order valence-electron chi connectivity index (χ1n) is 6.42. The molecule has 2 rings (SSSR count). The van der Waals surface area contributed by atoms with E-state index in [4.69, 9.17) is 33.2 Å². The zero-order valence-corrected chi connectivity index (χ0v) is 13.2. The third-order valence-corrected chi connectivity index (χ3v) is 3.63. The van der Waals surface area contributed by atoms with Crippen LogP contribution in [-0.4, -0.2) is 18.5 Å². The number of nitrogens with one attached hydrogen (secondary N) is 1. The molecular formula is C16H10Cl2N2O3. The van der Waals surface area contributed by atoms with Crippen molar-refractivity contribution in [3.8, 4) is 6.07 Å². The fourth-order valence-electron chi connectivity index (χ4n) is 1.68. The Hall–Kier alpha value is -2.55. The van der Waals surface area contributed by atoms with Crippen LogP contribution in [0.3, 0.4) is 0 Å². The van der Waals surface area contributed by atoms with Gasteiger partial charge in [-0.2, -0.15) is 5.26 Å². The van der Waals surface area contributed by atoms with E-state index in [0.29, 0.717) is 16.3 Å². The van der Waals surface area contributed by atoms with Crippen molar-refractivity contribution in [3.05, 3.63) is 63.6 Å². The van der Waals surface area contributed by atoms with Gasteiger partial charge in [0.25, 0.3) is 5.91 Å². The molecule has 7 heteroatoms. The first-order valence-corrected chi connectivity index (χ1v) is 7.18. The molecule has 0 bridgehead atoms. The van der Waals surface area contributed by atoms with Gasteiger partial charge in [0.05, 0.1) is 32.9 Å². The number of hydrogen-bond donors (Lipinski definition) is 1. The molecule has 116 valence electrons. The highest BCUT2D eigenvalue weighted by atomic mass is 35.5. The molecule has 0 aliphatic heterocycles. The maximum atomic E-state index is 11.8. The van der Waals surface area contributed by atoms with Crippen LogP contribution in [0.5, 0.6) is 0 Å². The van der Waals surface area contributed by atoms with Crippen molar-refractivity contribution in [1.82, 2.24) is 0 Å². The van der Waals surface area contributed by atoms with Crippen LogP contribution < -0.4 is 5.32 Å². The lowest BCUT2D eigenvalue weighted by molar-refractivity contribution is -0.119. The third-order valence-electron chi connectivity index (χ3n) is 2.81. The van der Waals surface area contributed by atoms with Gasteiger partial charge in [-0.15, -0.1) is 0 Å². The fourth-order valence-corrected chi connectivity index (χ4v) is 2.03. The minimum absolute atomic E-state index is 0.209. The number of ether oxygens (including phenoxy) is 1. The van der Waals surface area contributed by atoms with Crippen molar-refractivity contribution in [2.24, 2.45) is 0 Å². The second-order valence-corrected chi connectivity index (χ2v) is 5.20. The lowest BCUT2D eigenvalue weighted by atomic mass is 10.1. The van der Waals surface area contributed by atoms with Crippen LogP contribution in [0.25, 0.3) is 0 Å². The predicted molar refractivity (Wildman–Crippen MR) is 86.5 cm³/mol. The number of hydrogen-bond acceptors (Lipinski definition) is 4. The summed E-state index contributed by atoms with van der Waals surface area (Å²) in [6.07, 6.45) is 0. The smallest absolute Gasteiger partial charge is 0.338 e. The van der Waals surface area contributed by atoms with Gasteiger partial charge in [-0.25, -0.2) is 4.79 Å². The topological polar surface area (TPSA) is 79.2 Å². The minimum atomic E-state index is -0.665. The molecule has 0 saturated heterocycles. The lowest BCUT2D eigenvalue weighted by Crippen LogP contribution is -2.21. The molecule has 1 amide bonds. The quantitative estimate of drug-likeness (QED) is 0.855. The third kappa shape index (κ3) is 4.46. The Morgan fingerprint density at radius 1 is 1.13 bits per heavy atom. The summed E-state index contributed by atoms with van der Waals surface area (Å²) in [6, 6.07) is 12.6. The summed E-state index contributed by atoms with van der Waals surface area (Å²) in [5.41, 5.74) is 1.01. The van der Waals surface area contributed by atoms with Gasteiger partial charge < -0.3 is 10.1 Å². The standard InChI is InChI=1S/C16H10Cl2N2O3/c17-12-2-1-3-13(15(12)18)20-14(21)9-23-16(22)11-6-4-10(8-19)5-7-11/h1-7H,9H2,(H,20,21). The number of nitriles is 1. The Kier molecular flexibility index (Phi) is 5.58. The largest absolute Gasteiger partial charge is 0.452 e. The average molecular weight is 349 g/mol. The molecule has 1 N–H and O–H groups in total. The summed E-state index contributed by atoms with van der Waals surface area (Å²) in [6.45, 7) is -0.471. The number of esters is 1. The zero-order chi connectivity index (χ0) is 16.8. The lowest BCUT2D eigenvalue weighted by Gasteiger charge is -2.08. The van der Waals surface area contributed by atoms with Crippen molar-refractivity contribution < 1.29 is 14.3 Å². The van der Waals surface area contributed by atoms with E-state index in [9.17, 15) is 9.59 Å². The normalized spacial score (nSPS) is 9.78. The van der Waals surface area contributed by atoms with Gasteiger partial charge in [0.2, 0.25) is 0 Å². The molecule has 0 heterocycles. The Morgan fingerprint density at radius 2 is 1.83 bits per heavy atom. The van der Waals surface area contributed by atoms with Gasteiger partial charge in [-0.05, 0) is 36.4 Å². The molecule has 0 unspecified atom stereocenters. The number of anilines is 1. The van der Waals surface area contributed by atoms with Crippen LogP contribution >= 0.6 is 23.2 Å². The molecule has 2 aromatic carbocycles. The van der Waals surface area contributed by atoms with Crippen molar-refractivity contribution in [3.63, 3.8) is 0 Å². The molecule has 0 saturated carbocycles. The maximum Gasteiger partial charge on any atom is 0.338 e. The summed E-state index contributed by atoms with van der Waals surface area (Å²) in [4.78, 5) is 23.6. The van der Waals surface area contributed by atoms with Gasteiger partial charge in [0.1, 0.15) is 0 Å². The summed E-state index contributed by atoms with van der Waals surface area (Å²) < 4.78 is 4.90. The Labute approximate surface area is 142 Å². The van der Waals surface area contributed by atoms with Crippen molar-refractivity contribution in [1.29, 1.82) is 5.26 Å². The van der Waals surface area contributed by atoms with Crippen molar-refractivity contribution in [2.45, 2.75) is 0 Å².